The number of aryl methyl sites for hydroxylation is 1. The number of carbonyl (C=O) groups is 2. The van der Waals surface area contributed by atoms with E-state index in [9.17, 15) is 18.0 Å². The Hall–Kier alpha value is -4.96. The van der Waals surface area contributed by atoms with E-state index >= 15 is 0 Å². The molecule has 9 nitrogen and oxygen atoms in total. The van der Waals surface area contributed by atoms with Gasteiger partial charge in [0.1, 0.15) is 12.3 Å². The molecule has 45 heavy (non-hydrogen) atoms. The number of benzene rings is 4. The van der Waals surface area contributed by atoms with Gasteiger partial charge < -0.3 is 10.1 Å². The molecule has 0 saturated carbocycles. The highest BCUT2D eigenvalue weighted by atomic mass is 32.2. The molecule has 0 fully saturated rings. The van der Waals surface area contributed by atoms with Crippen LogP contribution in [0.25, 0.3) is 0 Å². The Morgan fingerprint density at radius 3 is 2.18 bits per heavy atom. The van der Waals surface area contributed by atoms with Crippen molar-refractivity contribution in [2.75, 3.05) is 24.0 Å². The van der Waals surface area contributed by atoms with Crippen LogP contribution in [0.4, 0.5) is 5.69 Å². The molecule has 0 unspecified atom stereocenters. The van der Waals surface area contributed by atoms with Gasteiger partial charge in [0.2, 0.25) is 0 Å². The topological polar surface area (TPSA) is 117 Å². The first-order valence-electron chi connectivity index (χ1n) is 14.7. The van der Waals surface area contributed by atoms with E-state index in [1.165, 1.54) is 18.3 Å². The summed E-state index contributed by atoms with van der Waals surface area (Å²) in [6.45, 7) is 5.92. The van der Waals surface area contributed by atoms with Crippen LogP contribution >= 0.6 is 0 Å². The third kappa shape index (κ3) is 9.77. The SMILES string of the molecule is Cc1ccc(S(=O)(=O)N(CC(=O)N/N=C\c2ccc(OCC(=O)NCCc3ccccc3)cc2)c2ccc(C(C)C)cc2)cc1. The van der Waals surface area contributed by atoms with E-state index in [1.54, 1.807) is 48.5 Å². The lowest BCUT2D eigenvalue weighted by atomic mass is 10.0. The lowest BCUT2D eigenvalue weighted by Crippen LogP contribution is -2.39. The Kier molecular flexibility index (Phi) is 11.5. The molecule has 10 heteroatoms. The molecule has 0 spiro atoms. The van der Waals surface area contributed by atoms with E-state index in [0.29, 0.717) is 23.5 Å². The number of sulfonamides is 1. The molecule has 2 N–H and O–H groups in total. The summed E-state index contributed by atoms with van der Waals surface area (Å²) in [5.74, 6) is -0.0364. The highest BCUT2D eigenvalue weighted by Crippen LogP contribution is 2.26. The molecule has 0 heterocycles. The zero-order valence-electron chi connectivity index (χ0n) is 25.6. The van der Waals surface area contributed by atoms with Crippen LogP contribution in [0.5, 0.6) is 5.75 Å². The predicted octanol–water partition coefficient (Wildman–Crippen LogP) is 5.20. The van der Waals surface area contributed by atoms with Crippen molar-refractivity contribution in [3.8, 4) is 5.75 Å². The quantitative estimate of drug-likeness (QED) is 0.147. The summed E-state index contributed by atoms with van der Waals surface area (Å²) in [5.41, 5.74) is 6.59. The van der Waals surface area contributed by atoms with Gasteiger partial charge >= 0.3 is 0 Å². The molecule has 4 rings (SSSR count). The zero-order valence-corrected chi connectivity index (χ0v) is 26.5. The number of hydrazone groups is 1. The standard InChI is InChI=1S/C35H38N4O5S/c1-26(2)30-13-15-31(16-14-30)39(45(42,43)33-19-9-27(3)10-20-33)24-34(40)38-37-23-29-11-17-32(18-12-29)44-25-35(41)36-22-21-28-7-5-4-6-8-28/h4-20,23,26H,21-22,24-25H2,1-3H3,(H,36,41)(H,38,40)/b37-23-. The molecule has 0 aliphatic heterocycles. The van der Waals surface area contributed by atoms with E-state index in [0.717, 1.165) is 27.4 Å². The fraction of sp³-hybridized carbons (Fsp3) is 0.229. The summed E-state index contributed by atoms with van der Waals surface area (Å²) in [4.78, 5) is 25.1. The lowest BCUT2D eigenvalue weighted by Gasteiger charge is -2.24. The zero-order chi connectivity index (χ0) is 32.2. The minimum absolute atomic E-state index is 0.0873. The molecule has 0 bridgehead atoms. The van der Waals surface area contributed by atoms with Gasteiger partial charge in [-0.05, 0) is 84.5 Å². The molecule has 2 amide bonds. The summed E-state index contributed by atoms with van der Waals surface area (Å²) < 4.78 is 33.8. The Balaban J connectivity index is 1.32. The number of hydrogen-bond acceptors (Lipinski definition) is 6. The smallest absolute Gasteiger partial charge is 0.264 e. The van der Waals surface area contributed by atoms with Crippen LogP contribution in [0.2, 0.25) is 0 Å². The summed E-state index contributed by atoms with van der Waals surface area (Å²) in [5, 5.41) is 6.84. The minimum atomic E-state index is -4.03. The normalized spacial score (nSPS) is 11.4. The first kappa shape index (κ1) is 32.9. The molecule has 0 atom stereocenters. The van der Waals surface area contributed by atoms with Crippen molar-refractivity contribution < 1.29 is 22.7 Å². The third-order valence-electron chi connectivity index (χ3n) is 6.98. The Labute approximate surface area is 265 Å². The lowest BCUT2D eigenvalue weighted by molar-refractivity contribution is -0.123. The Morgan fingerprint density at radius 2 is 1.53 bits per heavy atom. The number of ether oxygens (including phenoxy) is 1. The summed E-state index contributed by atoms with van der Waals surface area (Å²) >= 11 is 0. The van der Waals surface area contributed by atoms with Gasteiger partial charge in [0.15, 0.2) is 6.61 Å². The number of rotatable bonds is 14. The van der Waals surface area contributed by atoms with Crippen molar-refractivity contribution >= 4 is 33.7 Å². The number of carbonyl (C=O) groups excluding carboxylic acids is 2. The number of anilines is 1. The molecule has 0 aromatic heterocycles. The van der Waals surface area contributed by atoms with Crippen molar-refractivity contribution in [2.45, 2.75) is 38.0 Å². The summed E-state index contributed by atoms with van der Waals surface area (Å²) in [6, 6.07) is 30.4. The second-order valence-electron chi connectivity index (χ2n) is 10.8. The van der Waals surface area contributed by atoms with Crippen LogP contribution < -0.4 is 19.8 Å². The first-order chi connectivity index (χ1) is 21.6. The van der Waals surface area contributed by atoms with Gasteiger partial charge in [-0.15, -0.1) is 0 Å². The predicted molar refractivity (Wildman–Crippen MR) is 177 cm³/mol. The van der Waals surface area contributed by atoms with Crippen LogP contribution in [0.3, 0.4) is 0 Å². The average molecular weight is 627 g/mol. The van der Waals surface area contributed by atoms with E-state index in [2.05, 4.69) is 29.7 Å². The van der Waals surface area contributed by atoms with Gasteiger partial charge in [-0.3, -0.25) is 13.9 Å². The molecule has 4 aromatic carbocycles. The maximum Gasteiger partial charge on any atom is 0.264 e. The van der Waals surface area contributed by atoms with E-state index in [4.69, 9.17) is 4.74 Å². The van der Waals surface area contributed by atoms with Crippen molar-refractivity contribution in [3.05, 3.63) is 125 Å². The fourth-order valence-corrected chi connectivity index (χ4v) is 5.78. The molecule has 0 saturated heterocycles. The number of nitrogens with one attached hydrogen (secondary N) is 2. The largest absolute Gasteiger partial charge is 0.484 e. The van der Waals surface area contributed by atoms with Crippen LogP contribution in [-0.4, -0.2) is 46.1 Å². The van der Waals surface area contributed by atoms with Crippen molar-refractivity contribution in [2.24, 2.45) is 5.10 Å². The van der Waals surface area contributed by atoms with Gasteiger partial charge in [-0.2, -0.15) is 5.10 Å². The van der Waals surface area contributed by atoms with Gasteiger partial charge in [0.05, 0.1) is 16.8 Å². The maximum absolute atomic E-state index is 13.6. The number of hydrogen-bond donors (Lipinski definition) is 2. The van der Waals surface area contributed by atoms with Gasteiger partial charge in [0, 0.05) is 6.54 Å². The Morgan fingerprint density at radius 1 is 0.867 bits per heavy atom. The average Bonchev–Trinajstić information content (AvgIpc) is 3.04. The third-order valence-corrected chi connectivity index (χ3v) is 8.76. The Bertz CT molecular complexity index is 1690. The van der Waals surface area contributed by atoms with Crippen molar-refractivity contribution in [1.29, 1.82) is 0 Å². The molecular formula is C35H38N4O5S. The molecular weight excluding hydrogens is 588 g/mol. The second-order valence-corrected chi connectivity index (χ2v) is 12.7. The molecule has 0 aliphatic rings. The van der Waals surface area contributed by atoms with E-state index in [-0.39, 0.29) is 23.3 Å². The summed E-state index contributed by atoms with van der Waals surface area (Å²) in [7, 11) is -4.03. The van der Waals surface area contributed by atoms with Crippen LogP contribution in [0.15, 0.2) is 113 Å². The molecule has 234 valence electrons. The summed E-state index contributed by atoms with van der Waals surface area (Å²) in [6.07, 6.45) is 2.18. The van der Waals surface area contributed by atoms with Gasteiger partial charge in [-0.1, -0.05) is 74.0 Å². The molecule has 4 aromatic rings. The van der Waals surface area contributed by atoms with Crippen molar-refractivity contribution in [1.82, 2.24) is 10.7 Å². The monoisotopic (exact) mass is 626 g/mol. The van der Waals surface area contributed by atoms with Crippen LogP contribution in [0, 0.1) is 6.92 Å². The number of nitrogens with zero attached hydrogens (tertiary/aromatic N) is 2. The fourth-order valence-electron chi connectivity index (χ4n) is 4.36. The highest BCUT2D eigenvalue weighted by Gasteiger charge is 2.27. The van der Waals surface area contributed by atoms with Gasteiger partial charge in [0.25, 0.3) is 21.8 Å². The maximum atomic E-state index is 13.6. The van der Waals surface area contributed by atoms with Crippen LogP contribution in [0.1, 0.15) is 42.0 Å². The van der Waals surface area contributed by atoms with Crippen molar-refractivity contribution in [3.63, 3.8) is 0 Å². The molecule has 0 radical (unpaired) electrons. The number of amides is 2. The minimum Gasteiger partial charge on any atom is -0.484 e. The molecule has 0 aliphatic carbocycles. The highest BCUT2D eigenvalue weighted by molar-refractivity contribution is 7.92. The van der Waals surface area contributed by atoms with Gasteiger partial charge in [-0.25, -0.2) is 13.8 Å². The van der Waals surface area contributed by atoms with Crippen LogP contribution in [-0.2, 0) is 26.0 Å². The van der Waals surface area contributed by atoms with E-state index < -0.39 is 22.5 Å². The second kappa shape index (κ2) is 15.7. The van der Waals surface area contributed by atoms with E-state index in [1.807, 2.05) is 49.4 Å². The first-order valence-corrected chi connectivity index (χ1v) is 16.1.